The van der Waals surface area contributed by atoms with E-state index >= 15 is 0 Å². The number of guanidine groups is 1. The van der Waals surface area contributed by atoms with Crippen LogP contribution in [0.1, 0.15) is 10.7 Å². The molecule has 5 nitrogen and oxygen atoms in total. The van der Waals surface area contributed by atoms with Crippen LogP contribution in [-0.2, 0) is 20.0 Å². The third-order valence-electron chi connectivity index (χ3n) is 3.15. The van der Waals surface area contributed by atoms with Crippen LogP contribution in [0.15, 0.2) is 28.8 Å². The summed E-state index contributed by atoms with van der Waals surface area (Å²) < 4.78 is 2.03. The predicted octanol–water partition coefficient (Wildman–Crippen LogP) is 2.38. The van der Waals surface area contributed by atoms with Gasteiger partial charge in [0.2, 0.25) is 0 Å². The molecule has 7 heteroatoms. The van der Waals surface area contributed by atoms with Gasteiger partial charge >= 0.3 is 0 Å². The molecule has 1 N–H and O–H groups in total. The zero-order chi connectivity index (χ0) is 15.2. The first-order valence-corrected chi connectivity index (χ1v) is 7.97. The fourth-order valence-electron chi connectivity index (χ4n) is 2.08. The SMILES string of the molecule is CN=C(NCCc1nccs1)N(C)Cc1cc(Cl)cn1C. The van der Waals surface area contributed by atoms with Crippen molar-refractivity contribution in [3.8, 4) is 0 Å². The van der Waals surface area contributed by atoms with Crippen LogP contribution in [-0.4, -0.2) is 41.1 Å². The van der Waals surface area contributed by atoms with Crippen LogP contribution in [0, 0.1) is 0 Å². The number of hydrogen-bond acceptors (Lipinski definition) is 3. The number of aromatic nitrogens is 2. The minimum absolute atomic E-state index is 0.750. The van der Waals surface area contributed by atoms with Gasteiger partial charge in [0.1, 0.15) is 0 Å². The van der Waals surface area contributed by atoms with Crippen molar-refractivity contribution < 1.29 is 0 Å². The second-order valence-electron chi connectivity index (χ2n) is 4.77. The standard InChI is InChI=1S/C14H20ClN5S/c1-16-14(18-5-4-13-17-6-7-21-13)20(3)10-12-8-11(15)9-19(12)2/h6-9H,4-5,10H2,1-3H3,(H,16,18). The lowest BCUT2D eigenvalue weighted by Gasteiger charge is -2.22. The average molecular weight is 326 g/mol. The van der Waals surface area contributed by atoms with E-state index in [0.29, 0.717) is 0 Å². The minimum atomic E-state index is 0.750. The molecule has 0 fully saturated rings. The summed E-state index contributed by atoms with van der Waals surface area (Å²) in [5.41, 5.74) is 1.14. The summed E-state index contributed by atoms with van der Waals surface area (Å²) >= 11 is 7.69. The molecule has 0 aliphatic rings. The predicted molar refractivity (Wildman–Crippen MR) is 89.1 cm³/mol. The number of nitrogens with zero attached hydrogens (tertiary/aromatic N) is 4. The van der Waals surface area contributed by atoms with Crippen molar-refractivity contribution in [2.24, 2.45) is 12.0 Å². The molecule has 0 radical (unpaired) electrons. The monoisotopic (exact) mass is 325 g/mol. The number of aliphatic imine (C=N–C) groups is 1. The zero-order valence-corrected chi connectivity index (χ0v) is 14.1. The van der Waals surface area contributed by atoms with Crippen LogP contribution in [0.3, 0.4) is 0 Å². The Hall–Kier alpha value is -1.53. The summed E-state index contributed by atoms with van der Waals surface area (Å²) in [6.07, 6.45) is 4.64. The topological polar surface area (TPSA) is 45.5 Å². The van der Waals surface area contributed by atoms with E-state index in [1.165, 1.54) is 0 Å². The number of hydrogen-bond donors (Lipinski definition) is 1. The highest BCUT2D eigenvalue weighted by Crippen LogP contribution is 2.14. The van der Waals surface area contributed by atoms with Crippen molar-refractivity contribution in [1.82, 2.24) is 19.8 Å². The van der Waals surface area contributed by atoms with E-state index in [0.717, 1.165) is 41.2 Å². The molecule has 2 aromatic rings. The first kappa shape index (κ1) is 15.9. The molecule has 0 saturated heterocycles. The van der Waals surface area contributed by atoms with Gasteiger partial charge in [-0.15, -0.1) is 11.3 Å². The van der Waals surface area contributed by atoms with Gasteiger partial charge in [0, 0.05) is 57.6 Å². The van der Waals surface area contributed by atoms with Gasteiger partial charge in [0.15, 0.2) is 5.96 Å². The molecule has 0 spiro atoms. The Balaban J connectivity index is 1.86. The average Bonchev–Trinajstić information content (AvgIpc) is 3.05. The molecule has 114 valence electrons. The highest BCUT2D eigenvalue weighted by atomic mass is 35.5. The van der Waals surface area contributed by atoms with Crippen LogP contribution < -0.4 is 5.32 Å². The smallest absolute Gasteiger partial charge is 0.193 e. The second-order valence-corrected chi connectivity index (χ2v) is 6.18. The van der Waals surface area contributed by atoms with Crippen molar-refractivity contribution in [3.05, 3.63) is 39.6 Å². The van der Waals surface area contributed by atoms with Crippen molar-refractivity contribution >= 4 is 28.9 Å². The van der Waals surface area contributed by atoms with Gasteiger partial charge in [-0.2, -0.15) is 0 Å². The van der Waals surface area contributed by atoms with Gasteiger partial charge in [-0.3, -0.25) is 4.99 Å². The maximum atomic E-state index is 6.01. The first-order valence-electron chi connectivity index (χ1n) is 6.71. The van der Waals surface area contributed by atoms with E-state index in [1.54, 1.807) is 18.4 Å². The summed E-state index contributed by atoms with van der Waals surface area (Å²) in [6.45, 7) is 1.57. The van der Waals surface area contributed by atoms with Gasteiger partial charge in [0.05, 0.1) is 16.6 Å². The van der Waals surface area contributed by atoms with Crippen LogP contribution in [0.25, 0.3) is 0 Å². The molecule has 0 amide bonds. The molecular weight excluding hydrogens is 306 g/mol. The van der Waals surface area contributed by atoms with Crippen LogP contribution >= 0.6 is 22.9 Å². The number of rotatable bonds is 5. The van der Waals surface area contributed by atoms with E-state index in [-0.39, 0.29) is 0 Å². The highest BCUT2D eigenvalue weighted by molar-refractivity contribution is 7.09. The fraction of sp³-hybridized carbons (Fsp3) is 0.429. The molecule has 0 saturated carbocycles. The minimum Gasteiger partial charge on any atom is -0.356 e. The van der Waals surface area contributed by atoms with E-state index in [2.05, 4.69) is 20.2 Å². The fourth-order valence-corrected chi connectivity index (χ4v) is 2.98. The second kappa shape index (κ2) is 7.47. The van der Waals surface area contributed by atoms with E-state index in [4.69, 9.17) is 11.6 Å². The van der Waals surface area contributed by atoms with Crippen LogP contribution in [0.2, 0.25) is 5.02 Å². The molecule has 2 heterocycles. The molecular formula is C14H20ClN5S. The number of halogens is 1. The Morgan fingerprint density at radius 3 is 2.95 bits per heavy atom. The van der Waals surface area contributed by atoms with Crippen molar-refractivity contribution in [2.45, 2.75) is 13.0 Å². The molecule has 0 unspecified atom stereocenters. The normalized spacial score (nSPS) is 11.7. The first-order chi connectivity index (χ1) is 10.1. The third-order valence-corrected chi connectivity index (χ3v) is 4.20. The van der Waals surface area contributed by atoms with Gasteiger partial charge in [-0.1, -0.05) is 11.6 Å². The molecule has 2 aromatic heterocycles. The lowest BCUT2D eigenvalue weighted by atomic mass is 10.4. The lowest BCUT2D eigenvalue weighted by molar-refractivity contribution is 0.462. The summed E-state index contributed by atoms with van der Waals surface area (Å²) in [7, 11) is 5.80. The largest absolute Gasteiger partial charge is 0.356 e. The Morgan fingerprint density at radius 1 is 1.57 bits per heavy atom. The summed E-state index contributed by atoms with van der Waals surface area (Å²) in [5.74, 6) is 0.865. The quantitative estimate of drug-likeness (QED) is 0.678. The molecule has 0 aliphatic carbocycles. The van der Waals surface area contributed by atoms with Crippen molar-refractivity contribution in [1.29, 1.82) is 0 Å². The van der Waals surface area contributed by atoms with Gasteiger partial charge in [0.25, 0.3) is 0 Å². The lowest BCUT2D eigenvalue weighted by Crippen LogP contribution is -2.39. The summed E-state index contributed by atoms with van der Waals surface area (Å²) in [4.78, 5) is 10.7. The number of nitrogens with one attached hydrogen (secondary N) is 1. The molecule has 0 aliphatic heterocycles. The third kappa shape index (κ3) is 4.47. The zero-order valence-electron chi connectivity index (χ0n) is 12.5. The maximum absolute atomic E-state index is 6.01. The van der Waals surface area contributed by atoms with Gasteiger partial charge in [-0.25, -0.2) is 4.98 Å². The number of aryl methyl sites for hydroxylation is 1. The molecule has 21 heavy (non-hydrogen) atoms. The van der Waals surface area contributed by atoms with E-state index < -0.39 is 0 Å². The van der Waals surface area contributed by atoms with Crippen molar-refractivity contribution in [3.63, 3.8) is 0 Å². The van der Waals surface area contributed by atoms with Crippen molar-refractivity contribution in [2.75, 3.05) is 20.6 Å². The Kier molecular flexibility index (Phi) is 5.64. The molecule has 0 aromatic carbocycles. The summed E-state index contributed by atoms with van der Waals surface area (Å²) in [6, 6.07) is 1.97. The molecule has 0 bridgehead atoms. The highest BCUT2D eigenvalue weighted by Gasteiger charge is 2.09. The summed E-state index contributed by atoms with van der Waals surface area (Å²) in [5, 5.41) is 7.24. The Bertz CT molecular complexity index is 591. The Morgan fingerprint density at radius 2 is 2.38 bits per heavy atom. The molecule has 0 atom stereocenters. The van der Waals surface area contributed by atoms with Crippen LogP contribution in [0.4, 0.5) is 0 Å². The van der Waals surface area contributed by atoms with E-state index in [9.17, 15) is 0 Å². The molecule has 2 rings (SSSR count). The van der Waals surface area contributed by atoms with E-state index in [1.807, 2.05) is 42.5 Å². The van der Waals surface area contributed by atoms with Crippen LogP contribution in [0.5, 0.6) is 0 Å². The van der Waals surface area contributed by atoms with Gasteiger partial charge < -0.3 is 14.8 Å². The maximum Gasteiger partial charge on any atom is 0.193 e. The van der Waals surface area contributed by atoms with Gasteiger partial charge in [-0.05, 0) is 6.07 Å². The number of thiazole rings is 1. The Labute approximate surface area is 134 Å².